The summed E-state index contributed by atoms with van der Waals surface area (Å²) < 4.78 is 10.6. The summed E-state index contributed by atoms with van der Waals surface area (Å²) in [7, 11) is 3.25. The average molecular weight is 345 g/mol. The Morgan fingerprint density at radius 2 is 1.76 bits per heavy atom. The zero-order valence-corrected chi connectivity index (χ0v) is 15.5. The fourth-order valence-corrected chi connectivity index (χ4v) is 2.57. The van der Waals surface area contributed by atoms with E-state index < -0.39 is 0 Å². The van der Waals surface area contributed by atoms with Crippen LogP contribution in [0.25, 0.3) is 0 Å². The normalized spacial score (nSPS) is 10.4. The molecule has 1 aromatic carbocycles. The van der Waals surface area contributed by atoms with Crippen LogP contribution in [0.15, 0.2) is 24.4 Å². The van der Waals surface area contributed by atoms with E-state index in [9.17, 15) is 0 Å². The summed E-state index contributed by atoms with van der Waals surface area (Å²) >= 11 is 0. The topological polar surface area (TPSA) is 72.4 Å². The summed E-state index contributed by atoms with van der Waals surface area (Å²) in [5.74, 6) is 2.78. The van der Waals surface area contributed by atoms with Crippen LogP contribution in [-0.4, -0.2) is 42.5 Å². The fraction of sp³-hybridized carbons (Fsp3) is 0.500. The van der Waals surface area contributed by atoms with Gasteiger partial charge in [0.15, 0.2) is 17.3 Å². The number of anilines is 2. The first-order chi connectivity index (χ1) is 12.2. The monoisotopic (exact) mass is 345 g/mol. The third-order valence-corrected chi connectivity index (χ3v) is 3.76. The molecule has 2 rings (SSSR count). The second kappa shape index (κ2) is 9.66. The standard InChI is InChI=1S/C18H27N5O2/c1-5-9-23(10-6-2)17-13-20-22-18(21-17)19-12-14-7-8-15(24-3)16(11-14)25-4/h7-8,11,13H,5-6,9-10,12H2,1-4H3,(H,19,21,22). The van der Waals surface area contributed by atoms with Gasteiger partial charge in [0, 0.05) is 19.6 Å². The molecule has 25 heavy (non-hydrogen) atoms. The molecule has 0 bridgehead atoms. The molecule has 7 heteroatoms. The van der Waals surface area contributed by atoms with E-state index in [0.717, 1.165) is 37.3 Å². The van der Waals surface area contributed by atoms with Crippen LogP contribution in [0.1, 0.15) is 32.3 Å². The number of aromatic nitrogens is 3. The van der Waals surface area contributed by atoms with Crippen LogP contribution in [0, 0.1) is 0 Å². The smallest absolute Gasteiger partial charge is 0.244 e. The maximum Gasteiger partial charge on any atom is 0.244 e. The molecular formula is C18H27N5O2. The summed E-state index contributed by atoms with van der Waals surface area (Å²) in [5, 5.41) is 11.4. The number of nitrogens with zero attached hydrogens (tertiary/aromatic N) is 4. The molecule has 0 spiro atoms. The van der Waals surface area contributed by atoms with Gasteiger partial charge in [-0.2, -0.15) is 10.1 Å². The number of nitrogens with one attached hydrogen (secondary N) is 1. The molecule has 0 radical (unpaired) electrons. The zero-order valence-electron chi connectivity index (χ0n) is 15.5. The molecular weight excluding hydrogens is 318 g/mol. The van der Waals surface area contributed by atoms with Crippen LogP contribution < -0.4 is 19.7 Å². The third kappa shape index (κ3) is 5.20. The van der Waals surface area contributed by atoms with Gasteiger partial charge < -0.3 is 19.7 Å². The molecule has 0 aliphatic rings. The first-order valence-electron chi connectivity index (χ1n) is 8.61. The largest absolute Gasteiger partial charge is 0.493 e. The lowest BCUT2D eigenvalue weighted by molar-refractivity contribution is 0.354. The summed E-state index contributed by atoms with van der Waals surface area (Å²) in [6, 6.07) is 5.80. The van der Waals surface area contributed by atoms with Crippen LogP contribution >= 0.6 is 0 Å². The number of hydrogen-bond donors (Lipinski definition) is 1. The van der Waals surface area contributed by atoms with Crippen molar-refractivity contribution in [2.75, 3.05) is 37.5 Å². The highest BCUT2D eigenvalue weighted by Crippen LogP contribution is 2.27. The van der Waals surface area contributed by atoms with Gasteiger partial charge in [-0.1, -0.05) is 19.9 Å². The van der Waals surface area contributed by atoms with Gasteiger partial charge in [0.1, 0.15) is 0 Å². The maximum absolute atomic E-state index is 5.33. The molecule has 0 saturated heterocycles. The van der Waals surface area contributed by atoms with E-state index in [1.165, 1.54) is 0 Å². The Labute approximate surface area is 149 Å². The van der Waals surface area contributed by atoms with Gasteiger partial charge in [0.2, 0.25) is 5.95 Å². The molecule has 0 aliphatic carbocycles. The maximum atomic E-state index is 5.33. The second-order valence-corrected chi connectivity index (χ2v) is 5.67. The summed E-state index contributed by atoms with van der Waals surface area (Å²) in [5.41, 5.74) is 1.05. The molecule has 0 amide bonds. The Balaban J connectivity index is 2.07. The first-order valence-corrected chi connectivity index (χ1v) is 8.61. The molecule has 1 N–H and O–H groups in total. The summed E-state index contributed by atoms with van der Waals surface area (Å²) in [6.07, 6.45) is 3.85. The summed E-state index contributed by atoms with van der Waals surface area (Å²) in [6.45, 7) is 6.82. The Morgan fingerprint density at radius 1 is 1.04 bits per heavy atom. The Hall–Kier alpha value is -2.57. The van der Waals surface area contributed by atoms with Gasteiger partial charge >= 0.3 is 0 Å². The van der Waals surface area contributed by atoms with Crippen molar-refractivity contribution in [3.8, 4) is 11.5 Å². The van der Waals surface area contributed by atoms with Gasteiger partial charge in [0.05, 0.1) is 20.4 Å². The van der Waals surface area contributed by atoms with Crippen molar-refractivity contribution >= 4 is 11.8 Å². The van der Waals surface area contributed by atoms with E-state index in [1.807, 2.05) is 18.2 Å². The number of benzene rings is 1. The second-order valence-electron chi connectivity index (χ2n) is 5.67. The van der Waals surface area contributed by atoms with Crippen molar-refractivity contribution in [1.82, 2.24) is 15.2 Å². The molecule has 0 unspecified atom stereocenters. The molecule has 1 heterocycles. The fourth-order valence-electron chi connectivity index (χ4n) is 2.57. The van der Waals surface area contributed by atoms with E-state index in [1.54, 1.807) is 20.4 Å². The van der Waals surface area contributed by atoms with Crippen molar-refractivity contribution in [2.24, 2.45) is 0 Å². The highest BCUT2D eigenvalue weighted by Gasteiger charge is 2.09. The number of methoxy groups -OCH3 is 2. The minimum Gasteiger partial charge on any atom is -0.493 e. The van der Waals surface area contributed by atoms with Gasteiger partial charge in [-0.05, 0) is 30.5 Å². The SMILES string of the molecule is CCCN(CCC)c1cnnc(NCc2ccc(OC)c(OC)c2)n1. The number of hydrogen-bond acceptors (Lipinski definition) is 7. The van der Waals surface area contributed by atoms with E-state index >= 15 is 0 Å². The van der Waals surface area contributed by atoms with Crippen molar-refractivity contribution in [3.05, 3.63) is 30.0 Å². The molecule has 7 nitrogen and oxygen atoms in total. The van der Waals surface area contributed by atoms with E-state index in [2.05, 4.69) is 39.2 Å². The molecule has 136 valence electrons. The van der Waals surface area contributed by atoms with Crippen molar-refractivity contribution in [3.63, 3.8) is 0 Å². The summed E-state index contributed by atoms with van der Waals surface area (Å²) in [4.78, 5) is 6.82. The lowest BCUT2D eigenvalue weighted by atomic mass is 10.2. The third-order valence-electron chi connectivity index (χ3n) is 3.76. The zero-order chi connectivity index (χ0) is 18.1. The molecule has 0 saturated carbocycles. The highest BCUT2D eigenvalue weighted by molar-refractivity contribution is 5.44. The molecule has 1 aromatic heterocycles. The molecule has 0 fully saturated rings. The highest BCUT2D eigenvalue weighted by atomic mass is 16.5. The van der Waals surface area contributed by atoms with Gasteiger partial charge in [0.25, 0.3) is 0 Å². The van der Waals surface area contributed by atoms with Gasteiger partial charge in [-0.25, -0.2) is 0 Å². The minimum atomic E-state index is 0.518. The molecule has 0 atom stereocenters. The number of rotatable bonds is 10. The van der Waals surface area contributed by atoms with E-state index in [0.29, 0.717) is 24.0 Å². The van der Waals surface area contributed by atoms with Crippen LogP contribution in [0.2, 0.25) is 0 Å². The predicted molar refractivity (Wildman–Crippen MR) is 99.5 cm³/mol. The van der Waals surface area contributed by atoms with Crippen molar-refractivity contribution in [1.29, 1.82) is 0 Å². The lowest BCUT2D eigenvalue weighted by Crippen LogP contribution is -2.26. The molecule has 2 aromatic rings. The quantitative estimate of drug-likeness (QED) is 0.709. The van der Waals surface area contributed by atoms with Crippen LogP contribution in [-0.2, 0) is 6.54 Å². The Kier molecular flexibility index (Phi) is 7.25. The van der Waals surface area contributed by atoms with Crippen LogP contribution in [0.3, 0.4) is 0 Å². The minimum absolute atomic E-state index is 0.518. The first kappa shape index (κ1) is 18.8. The Morgan fingerprint density at radius 3 is 2.40 bits per heavy atom. The Bertz CT molecular complexity index is 660. The van der Waals surface area contributed by atoms with Gasteiger partial charge in [-0.15, -0.1) is 5.10 Å². The number of ether oxygens (including phenoxy) is 2. The lowest BCUT2D eigenvalue weighted by Gasteiger charge is -2.22. The van der Waals surface area contributed by atoms with E-state index in [-0.39, 0.29) is 0 Å². The molecule has 0 aliphatic heterocycles. The van der Waals surface area contributed by atoms with Crippen molar-refractivity contribution in [2.45, 2.75) is 33.2 Å². The van der Waals surface area contributed by atoms with E-state index in [4.69, 9.17) is 9.47 Å². The van der Waals surface area contributed by atoms with Crippen molar-refractivity contribution < 1.29 is 9.47 Å². The average Bonchev–Trinajstić information content (AvgIpc) is 2.66. The predicted octanol–water partition coefficient (Wildman–Crippen LogP) is 3.13. The van der Waals surface area contributed by atoms with Crippen LogP contribution in [0.5, 0.6) is 11.5 Å². The van der Waals surface area contributed by atoms with Crippen LogP contribution in [0.4, 0.5) is 11.8 Å². The van der Waals surface area contributed by atoms with Gasteiger partial charge in [-0.3, -0.25) is 0 Å².